The Balaban J connectivity index is 1.76. The van der Waals surface area contributed by atoms with Gasteiger partial charge in [0.25, 0.3) is 5.91 Å². The number of aromatic nitrogens is 1. The van der Waals surface area contributed by atoms with E-state index in [0.29, 0.717) is 18.4 Å². The predicted molar refractivity (Wildman–Crippen MR) is 124 cm³/mol. The van der Waals surface area contributed by atoms with Crippen molar-refractivity contribution in [1.29, 1.82) is 0 Å². The molecule has 3 amide bonds. The Bertz CT molecular complexity index is 1090. The van der Waals surface area contributed by atoms with E-state index in [1.165, 1.54) is 18.2 Å². The lowest BCUT2D eigenvalue weighted by atomic mass is 9.87. The molecular weight excluding hydrogens is 443 g/mol. The number of fused-ring (bicyclic) bond motifs is 1. The molecule has 9 nitrogen and oxygen atoms in total. The van der Waals surface area contributed by atoms with E-state index in [4.69, 9.17) is 0 Å². The summed E-state index contributed by atoms with van der Waals surface area (Å²) >= 11 is 0. The number of carbonyl (C=O) groups is 4. The number of carboxylic acids is 1. The van der Waals surface area contributed by atoms with E-state index < -0.39 is 41.6 Å². The number of piperidine rings is 1. The Hall–Kier alpha value is -3.43. The maximum Gasteiger partial charge on any atom is 0.326 e. The number of amides is 3. The Morgan fingerprint density at radius 1 is 1.21 bits per heavy atom. The average molecular weight is 475 g/mol. The summed E-state index contributed by atoms with van der Waals surface area (Å²) in [6.07, 6.45) is 1.48. The van der Waals surface area contributed by atoms with Crippen LogP contribution in [-0.2, 0) is 14.4 Å². The molecule has 1 aliphatic rings. The predicted octanol–water partition coefficient (Wildman–Crippen LogP) is 2.33. The maximum absolute atomic E-state index is 14.0. The van der Waals surface area contributed by atoms with E-state index >= 15 is 0 Å². The highest BCUT2D eigenvalue weighted by molar-refractivity contribution is 6.00. The van der Waals surface area contributed by atoms with Crippen molar-refractivity contribution in [2.24, 2.45) is 11.3 Å². The normalized spacial score (nSPS) is 18.1. The van der Waals surface area contributed by atoms with Crippen LogP contribution >= 0.6 is 0 Å². The van der Waals surface area contributed by atoms with Crippen LogP contribution in [0.25, 0.3) is 10.9 Å². The second kappa shape index (κ2) is 10.2. The van der Waals surface area contributed by atoms with Crippen molar-refractivity contribution in [1.82, 2.24) is 20.9 Å². The van der Waals surface area contributed by atoms with Gasteiger partial charge < -0.3 is 26.0 Å². The van der Waals surface area contributed by atoms with Crippen molar-refractivity contribution in [2.75, 3.05) is 6.54 Å². The lowest BCUT2D eigenvalue weighted by molar-refractivity contribution is -0.143. The number of para-hydroxylation sites is 1. The van der Waals surface area contributed by atoms with Gasteiger partial charge in [-0.25, -0.2) is 9.18 Å². The summed E-state index contributed by atoms with van der Waals surface area (Å²) in [4.78, 5) is 52.6. The van der Waals surface area contributed by atoms with E-state index in [-0.39, 0.29) is 35.4 Å². The Kier molecular flexibility index (Phi) is 7.58. The first kappa shape index (κ1) is 25.2. The molecule has 5 N–H and O–H groups in total. The van der Waals surface area contributed by atoms with Gasteiger partial charge in [0.1, 0.15) is 23.6 Å². The Labute approximate surface area is 196 Å². The second-order valence-corrected chi connectivity index (χ2v) is 9.94. The molecule has 1 aromatic heterocycles. The van der Waals surface area contributed by atoms with Crippen LogP contribution in [0, 0.1) is 17.2 Å². The van der Waals surface area contributed by atoms with E-state index in [9.17, 15) is 28.7 Å². The van der Waals surface area contributed by atoms with E-state index in [2.05, 4.69) is 20.9 Å². The van der Waals surface area contributed by atoms with Gasteiger partial charge in [-0.3, -0.25) is 14.4 Å². The number of aromatic amines is 1. The monoisotopic (exact) mass is 474 g/mol. The van der Waals surface area contributed by atoms with Crippen LogP contribution in [-0.4, -0.2) is 52.4 Å². The minimum absolute atomic E-state index is 0.0373. The minimum atomic E-state index is -1.28. The molecule has 0 spiro atoms. The molecule has 2 heterocycles. The van der Waals surface area contributed by atoms with Crippen molar-refractivity contribution < 1.29 is 28.7 Å². The molecule has 1 aromatic carbocycles. The molecule has 34 heavy (non-hydrogen) atoms. The molecule has 0 unspecified atom stereocenters. The molecule has 1 fully saturated rings. The second-order valence-electron chi connectivity index (χ2n) is 9.94. The molecule has 0 aliphatic carbocycles. The van der Waals surface area contributed by atoms with Crippen molar-refractivity contribution in [3.05, 3.63) is 35.8 Å². The Morgan fingerprint density at radius 3 is 2.56 bits per heavy atom. The molecule has 1 aliphatic heterocycles. The van der Waals surface area contributed by atoms with Gasteiger partial charge in [-0.2, -0.15) is 0 Å². The zero-order valence-corrected chi connectivity index (χ0v) is 19.5. The highest BCUT2D eigenvalue weighted by Crippen LogP contribution is 2.23. The van der Waals surface area contributed by atoms with Crippen molar-refractivity contribution in [3.8, 4) is 0 Å². The molecule has 0 radical (unpaired) electrons. The molecule has 0 bridgehead atoms. The summed E-state index contributed by atoms with van der Waals surface area (Å²) in [6.45, 7) is 6.22. The number of hydrogen-bond acceptors (Lipinski definition) is 4. The van der Waals surface area contributed by atoms with Crippen LogP contribution < -0.4 is 16.0 Å². The number of benzene rings is 1. The fraction of sp³-hybridized carbons (Fsp3) is 0.500. The highest BCUT2D eigenvalue weighted by Gasteiger charge is 2.33. The topological polar surface area (TPSA) is 140 Å². The van der Waals surface area contributed by atoms with Crippen molar-refractivity contribution in [2.45, 2.75) is 58.5 Å². The summed E-state index contributed by atoms with van der Waals surface area (Å²) in [5.41, 5.74) is -0.106. The van der Waals surface area contributed by atoms with Crippen molar-refractivity contribution in [3.63, 3.8) is 0 Å². The Morgan fingerprint density at radius 2 is 1.94 bits per heavy atom. The zero-order valence-electron chi connectivity index (χ0n) is 19.5. The van der Waals surface area contributed by atoms with Gasteiger partial charge in [0, 0.05) is 17.8 Å². The lowest BCUT2D eigenvalue weighted by Crippen LogP contribution is -2.53. The summed E-state index contributed by atoms with van der Waals surface area (Å²) in [5, 5.41) is 18.0. The molecular formula is C24H31FN4O5. The number of hydrogen-bond donors (Lipinski definition) is 5. The first-order chi connectivity index (χ1) is 15.9. The summed E-state index contributed by atoms with van der Waals surface area (Å²) in [7, 11) is 0. The van der Waals surface area contributed by atoms with Crippen LogP contribution in [0.3, 0.4) is 0 Å². The van der Waals surface area contributed by atoms with Crippen LogP contribution in [0.5, 0.6) is 0 Å². The third kappa shape index (κ3) is 6.33. The first-order valence-electron chi connectivity index (χ1n) is 11.3. The van der Waals surface area contributed by atoms with E-state index in [0.717, 1.165) is 6.42 Å². The van der Waals surface area contributed by atoms with Gasteiger partial charge in [0.05, 0.1) is 5.52 Å². The van der Waals surface area contributed by atoms with Crippen LogP contribution in [0.4, 0.5) is 4.39 Å². The zero-order chi connectivity index (χ0) is 25.0. The van der Waals surface area contributed by atoms with Crippen LogP contribution in [0.1, 0.15) is 56.9 Å². The summed E-state index contributed by atoms with van der Waals surface area (Å²) < 4.78 is 14.0. The molecule has 2 aromatic rings. The van der Waals surface area contributed by atoms with Gasteiger partial charge >= 0.3 is 5.97 Å². The standard InChI is InChI=1S/C24H31FN4O5/c1-24(2,3)12-18(29-21(31)16-10-13-6-4-8-15(25)19(13)27-16)22(32)28-17(23(33)34)11-14-7-5-9-26-20(14)30/h4,6,8,10,14,17-18,27H,5,7,9,11-12H2,1-3H3,(H,26,30)(H,28,32)(H,29,31)(H,33,34)/t14-,17-,18-/m0/s1. The molecule has 0 saturated carbocycles. The number of carbonyl (C=O) groups excluding carboxylic acids is 3. The largest absolute Gasteiger partial charge is 0.480 e. The molecule has 3 rings (SSSR count). The first-order valence-corrected chi connectivity index (χ1v) is 11.3. The smallest absolute Gasteiger partial charge is 0.326 e. The van der Waals surface area contributed by atoms with Crippen LogP contribution in [0.15, 0.2) is 24.3 Å². The highest BCUT2D eigenvalue weighted by atomic mass is 19.1. The quantitative estimate of drug-likeness (QED) is 0.399. The number of nitrogens with one attached hydrogen (secondary N) is 4. The third-order valence-corrected chi connectivity index (χ3v) is 5.82. The van der Waals surface area contributed by atoms with Crippen LogP contribution in [0.2, 0.25) is 0 Å². The van der Waals surface area contributed by atoms with Gasteiger partial charge in [0.15, 0.2) is 0 Å². The SMILES string of the molecule is CC(C)(C)C[C@H](NC(=O)c1cc2cccc(F)c2[nH]1)C(=O)N[C@@H](C[C@@H]1CCCNC1=O)C(=O)O. The van der Waals surface area contributed by atoms with Gasteiger partial charge in [-0.15, -0.1) is 0 Å². The van der Waals surface area contributed by atoms with E-state index in [1.807, 2.05) is 20.8 Å². The molecule has 10 heteroatoms. The number of H-pyrrole nitrogens is 1. The number of carboxylic acid groups (broad SMARTS) is 1. The average Bonchev–Trinajstić information content (AvgIpc) is 3.19. The fourth-order valence-electron chi connectivity index (χ4n) is 4.14. The summed E-state index contributed by atoms with van der Waals surface area (Å²) in [5.74, 6) is -3.76. The van der Waals surface area contributed by atoms with Gasteiger partial charge in [-0.1, -0.05) is 32.9 Å². The summed E-state index contributed by atoms with van der Waals surface area (Å²) in [6, 6.07) is 3.64. The number of aliphatic carboxylic acids is 1. The van der Waals surface area contributed by atoms with Gasteiger partial charge in [-0.05, 0) is 43.2 Å². The van der Waals surface area contributed by atoms with E-state index in [1.54, 1.807) is 6.07 Å². The fourth-order valence-corrected chi connectivity index (χ4v) is 4.14. The molecule has 184 valence electrons. The maximum atomic E-state index is 14.0. The number of rotatable bonds is 8. The molecule has 3 atom stereocenters. The molecule has 1 saturated heterocycles. The lowest BCUT2D eigenvalue weighted by Gasteiger charge is -2.29. The third-order valence-electron chi connectivity index (χ3n) is 5.82. The van der Waals surface area contributed by atoms with Crippen molar-refractivity contribution >= 4 is 34.6 Å². The van der Waals surface area contributed by atoms with Gasteiger partial charge in [0.2, 0.25) is 11.8 Å². The number of halogens is 1. The minimum Gasteiger partial charge on any atom is -0.480 e.